The van der Waals surface area contributed by atoms with Crippen molar-refractivity contribution in [3.8, 4) is 0 Å². The molecule has 2 rings (SSSR count). The van der Waals surface area contributed by atoms with E-state index >= 15 is 0 Å². The molecule has 108 valence electrons. The van der Waals surface area contributed by atoms with Gasteiger partial charge in [-0.2, -0.15) is 11.8 Å². The van der Waals surface area contributed by atoms with Gasteiger partial charge in [0.1, 0.15) is 5.37 Å². The van der Waals surface area contributed by atoms with E-state index in [-0.39, 0.29) is 5.37 Å². The van der Waals surface area contributed by atoms with Crippen molar-refractivity contribution in [3.05, 3.63) is 11.9 Å². The first-order valence-electron chi connectivity index (χ1n) is 6.10. The van der Waals surface area contributed by atoms with E-state index in [1.54, 1.807) is 22.6 Å². The summed E-state index contributed by atoms with van der Waals surface area (Å²) in [5, 5.41) is 7.49. The van der Waals surface area contributed by atoms with Crippen molar-refractivity contribution in [2.45, 2.75) is 18.5 Å². The lowest BCUT2D eigenvalue weighted by atomic mass is 10.4. The largest absolute Gasteiger partial charge is 0.325 e. The Labute approximate surface area is 117 Å². The molecule has 1 aliphatic heterocycles. The van der Waals surface area contributed by atoms with Crippen LogP contribution in [0.3, 0.4) is 0 Å². The van der Waals surface area contributed by atoms with Gasteiger partial charge in [0, 0.05) is 43.6 Å². The van der Waals surface area contributed by atoms with E-state index < -0.39 is 9.84 Å². The average molecular weight is 305 g/mol. The first-order valence-corrected chi connectivity index (χ1v) is 9.21. The van der Waals surface area contributed by atoms with Gasteiger partial charge in [-0.3, -0.25) is 9.58 Å². The number of hydrogen-bond donors (Lipinski definition) is 1. The molecule has 1 aromatic heterocycles. The molecular weight excluding hydrogens is 286 g/mol. The third-order valence-corrected chi connectivity index (χ3v) is 5.78. The van der Waals surface area contributed by atoms with E-state index in [0.717, 1.165) is 18.0 Å². The van der Waals surface area contributed by atoms with Crippen LogP contribution in [0.25, 0.3) is 0 Å². The highest BCUT2D eigenvalue weighted by Crippen LogP contribution is 2.20. The smallest absolute Gasteiger partial charge is 0.164 e. The molecule has 1 atom stereocenters. The van der Waals surface area contributed by atoms with Crippen LogP contribution >= 0.6 is 11.8 Å². The second kappa shape index (κ2) is 6.21. The van der Waals surface area contributed by atoms with Gasteiger partial charge in [0.15, 0.2) is 9.84 Å². The van der Waals surface area contributed by atoms with E-state index in [9.17, 15) is 8.42 Å². The molecule has 1 unspecified atom stereocenters. The second-order valence-corrected chi connectivity index (χ2v) is 7.93. The minimum atomic E-state index is -3.04. The number of sulfone groups is 1. The Hall–Kier alpha value is -0.640. The van der Waals surface area contributed by atoms with Crippen LogP contribution in [0.2, 0.25) is 0 Å². The van der Waals surface area contributed by atoms with Gasteiger partial charge in [0.05, 0.1) is 12.2 Å². The molecule has 1 saturated heterocycles. The molecule has 0 aliphatic carbocycles. The van der Waals surface area contributed by atoms with Gasteiger partial charge in [-0.1, -0.05) is 5.21 Å². The first-order chi connectivity index (χ1) is 9.00. The molecule has 7 nitrogen and oxygen atoms in total. The minimum absolute atomic E-state index is 0.367. The highest BCUT2D eigenvalue weighted by atomic mass is 32.2. The Balaban J connectivity index is 1.96. The van der Waals surface area contributed by atoms with Gasteiger partial charge < -0.3 is 5.73 Å². The van der Waals surface area contributed by atoms with Crippen LogP contribution in [0.1, 0.15) is 5.69 Å². The maximum Gasteiger partial charge on any atom is 0.164 e. The van der Waals surface area contributed by atoms with E-state index in [1.165, 1.54) is 6.26 Å². The van der Waals surface area contributed by atoms with E-state index in [0.29, 0.717) is 25.4 Å². The predicted molar refractivity (Wildman–Crippen MR) is 75.4 cm³/mol. The standard InChI is InChI=1S/C10H19N5O2S2/c1-19(16,17)10-8-18-5-4-14(10)2-3-15-7-9(6-11)12-13-15/h7,10H,2-6,8,11H2,1H3. The number of nitrogens with zero attached hydrogens (tertiary/aromatic N) is 4. The van der Waals surface area contributed by atoms with Gasteiger partial charge in [0.2, 0.25) is 0 Å². The molecular formula is C10H19N5O2S2. The first kappa shape index (κ1) is 14.8. The maximum absolute atomic E-state index is 11.8. The minimum Gasteiger partial charge on any atom is -0.325 e. The average Bonchev–Trinajstić information content (AvgIpc) is 2.83. The number of aromatic nitrogens is 3. The van der Waals surface area contributed by atoms with Crippen LogP contribution in [-0.2, 0) is 22.9 Å². The quantitative estimate of drug-likeness (QED) is 0.757. The van der Waals surface area contributed by atoms with Crippen LogP contribution in [0.5, 0.6) is 0 Å². The fourth-order valence-corrected chi connectivity index (χ4v) is 5.01. The molecule has 1 fully saturated rings. The van der Waals surface area contributed by atoms with Gasteiger partial charge in [0.25, 0.3) is 0 Å². The lowest BCUT2D eigenvalue weighted by molar-refractivity contribution is 0.254. The lowest BCUT2D eigenvalue weighted by Gasteiger charge is -2.33. The molecule has 0 radical (unpaired) electrons. The maximum atomic E-state index is 11.8. The van der Waals surface area contributed by atoms with Crippen LogP contribution in [0.4, 0.5) is 0 Å². The number of nitrogens with two attached hydrogens (primary N) is 1. The molecule has 1 aliphatic rings. The summed E-state index contributed by atoms with van der Waals surface area (Å²) in [4.78, 5) is 2.01. The summed E-state index contributed by atoms with van der Waals surface area (Å²) in [6.45, 7) is 2.45. The highest BCUT2D eigenvalue weighted by molar-refractivity contribution is 8.00. The van der Waals surface area contributed by atoms with Crippen LogP contribution < -0.4 is 5.73 Å². The second-order valence-electron chi connectivity index (χ2n) is 4.57. The molecule has 0 saturated carbocycles. The molecule has 2 heterocycles. The van der Waals surface area contributed by atoms with Crippen molar-refractivity contribution >= 4 is 21.6 Å². The molecule has 0 spiro atoms. The zero-order valence-corrected chi connectivity index (χ0v) is 12.5. The fraction of sp³-hybridized carbons (Fsp3) is 0.800. The van der Waals surface area contributed by atoms with Crippen LogP contribution in [0.15, 0.2) is 6.20 Å². The summed E-state index contributed by atoms with van der Waals surface area (Å²) in [7, 11) is -3.04. The Morgan fingerprint density at radius 1 is 1.53 bits per heavy atom. The third-order valence-electron chi connectivity index (χ3n) is 3.10. The molecule has 19 heavy (non-hydrogen) atoms. The summed E-state index contributed by atoms with van der Waals surface area (Å²) < 4.78 is 25.2. The molecule has 0 amide bonds. The van der Waals surface area contributed by atoms with Crippen molar-refractivity contribution in [3.63, 3.8) is 0 Å². The SMILES string of the molecule is CS(=O)(=O)C1CSCCN1CCn1cc(CN)nn1. The van der Waals surface area contributed by atoms with Gasteiger partial charge in [-0.05, 0) is 0 Å². The van der Waals surface area contributed by atoms with Crippen LogP contribution in [0, 0.1) is 0 Å². The van der Waals surface area contributed by atoms with Gasteiger partial charge in [-0.25, -0.2) is 8.42 Å². The monoisotopic (exact) mass is 305 g/mol. The van der Waals surface area contributed by atoms with Crippen molar-refractivity contribution in [1.29, 1.82) is 0 Å². The number of rotatable bonds is 5. The van der Waals surface area contributed by atoms with E-state index in [2.05, 4.69) is 10.3 Å². The van der Waals surface area contributed by atoms with E-state index in [1.807, 2.05) is 4.90 Å². The Morgan fingerprint density at radius 2 is 2.32 bits per heavy atom. The number of thioether (sulfide) groups is 1. The zero-order chi connectivity index (χ0) is 13.9. The normalized spacial score (nSPS) is 21.7. The van der Waals surface area contributed by atoms with Crippen LogP contribution in [-0.4, -0.2) is 64.5 Å². The summed E-state index contributed by atoms with van der Waals surface area (Å²) >= 11 is 1.69. The Bertz CT molecular complexity index is 516. The molecule has 1 aromatic rings. The van der Waals surface area contributed by atoms with Crippen molar-refractivity contribution in [2.24, 2.45) is 5.73 Å². The summed E-state index contributed by atoms with van der Waals surface area (Å²) in [5.41, 5.74) is 6.22. The summed E-state index contributed by atoms with van der Waals surface area (Å²) in [6, 6.07) is 0. The van der Waals surface area contributed by atoms with Crippen molar-refractivity contribution < 1.29 is 8.42 Å². The number of hydrogen-bond acceptors (Lipinski definition) is 7. The predicted octanol–water partition coefficient (Wildman–Crippen LogP) is -0.844. The Morgan fingerprint density at radius 3 is 2.95 bits per heavy atom. The Kier molecular flexibility index (Phi) is 4.82. The molecule has 9 heteroatoms. The third kappa shape index (κ3) is 3.91. The lowest BCUT2D eigenvalue weighted by Crippen LogP contribution is -2.47. The van der Waals surface area contributed by atoms with Crippen molar-refractivity contribution in [1.82, 2.24) is 19.9 Å². The summed E-state index contributed by atoms with van der Waals surface area (Å²) in [6.07, 6.45) is 3.10. The topological polar surface area (TPSA) is 94.1 Å². The molecule has 2 N–H and O–H groups in total. The zero-order valence-electron chi connectivity index (χ0n) is 10.9. The van der Waals surface area contributed by atoms with E-state index in [4.69, 9.17) is 5.73 Å². The van der Waals surface area contributed by atoms with Gasteiger partial charge >= 0.3 is 0 Å². The fourth-order valence-electron chi connectivity index (χ4n) is 2.04. The van der Waals surface area contributed by atoms with Crippen molar-refractivity contribution in [2.75, 3.05) is 30.9 Å². The molecule has 0 bridgehead atoms. The molecule has 0 aromatic carbocycles. The van der Waals surface area contributed by atoms with Gasteiger partial charge in [-0.15, -0.1) is 5.10 Å². The highest BCUT2D eigenvalue weighted by Gasteiger charge is 2.30. The summed E-state index contributed by atoms with van der Waals surface area (Å²) in [5.74, 6) is 1.61.